The van der Waals surface area contributed by atoms with Crippen LogP contribution in [0.4, 0.5) is 4.79 Å². The number of phenolic OH excluding ortho intramolecular Hbond substituents is 1. The van der Waals surface area contributed by atoms with E-state index < -0.39 is 5.60 Å². The van der Waals surface area contributed by atoms with Gasteiger partial charge in [0.1, 0.15) is 17.2 Å². The summed E-state index contributed by atoms with van der Waals surface area (Å²) in [6, 6.07) is 3.19. The topological polar surface area (TPSA) is 67.6 Å². The number of halogens is 2. The Morgan fingerprint density at radius 1 is 1.30 bits per heavy atom. The van der Waals surface area contributed by atoms with Crippen LogP contribution in [0.25, 0.3) is 5.57 Å². The highest BCUT2D eigenvalue weighted by atomic mass is 35.5. The Hall–Kier alpha value is -2.18. The molecule has 0 bridgehead atoms. The number of benzene rings is 1. The van der Waals surface area contributed by atoms with Crippen LogP contribution in [-0.4, -0.2) is 44.3 Å². The lowest BCUT2D eigenvalue weighted by atomic mass is 9.96. The highest BCUT2D eigenvalue weighted by Gasteiger charge is 2.32. The molecule has 0 fully saturated rings. The van der Waals surface area contributed by atoms with Crippen LogP contribution < -0.4 is 0 Å². The Morgan fingerprint density at radius 2 is 2.07 bits per heavy atom. The van der Waals surface area contributed by atoms with E-state index in [1.165, 1.54) is 0 Å². The number of aromatic hydroxyl groups is 1. The van der Waals surface area contributed by atoms with Gasteiger partial charge < -0.3 is 19.3 Å². The van der Waals surface area contributed by atoms with E-state index in [0.717, 1.165) is 23.5 Å². The third kappa shape index (κ3) is 4.03. The molecule has 2 aliphatic rings. The van der Waals surface area contributed by atoms with Crippen molar-refractivity contribution in [2.45, 2.75) is 51.7 Å². The number of carbonyl (C=O) groups excluding carboxylic acids is 1. The highest BCUT2D eigenvalue weighted by Crippen LogP contribution is 2.42. The summed E-state index contributed by atoms with van der Waals surface area (Å²) < 4.78 is 7.64. The molecular formula is C22H25Cl2N3O3. The number of amides is 1. The minimum Gasteiger partial charge on any atom is -0.508 e. The molecule has 1 aromatic heterocycles. The third-order valence-electron chi connectivity index (χ3n) is 5.48. The van der Waals surface area contributed by atoms with Gasteiger partial charge in [0, 0.05) is 37.5 Å². The maximum absolute atomic E-state index is 12.3. The quantitative estimate of drug-likeness (QED) is 0.678. The van der Waals surface area contributed by atoms with E-state index in [9.17, 15) is 9.90 Å². The standard InChI is InChI=1S/C22H25Cl2N3O3/c1-22(2,3)30-21(29)26-8-6-13(7-9-26)16-11-25-18-10-14(12-27(16)18)19-17(28)5-4-15(23)20(19)24/h4-6,11,14,28H,7-10,12H2,1-3H3. The van der Waals surface area contributed by atoms with Crippen molar-refractivity contribution >= 4 is 34.9 Å². The molecule has 0 aliphatic carbocycles. The van der Waals surface area contributed by atoms with Crippen LogP contribution in [0, 0.1) is 0 Å². The van der Waals surface area contributed by atoms with E-state index >= 15 is 0 Å². The summed E-state index contributed by atoms with van der Waals surface area (Å²) in [6.45, 7) is 7.39. The summed E-state index contributed by atoms with van der Waals surface area (Å²) in [5.41, 5.74) is 2.38. The number of rotatable bonds is 2. The molecule has 1 aromatic carbocycles. The fourth-order valence-electron chi connectivity index (χ4n) is 4.07. The fourth-order valence-corrected chi connectivity index (χ4v) is 4.55. The van der Waals surface area contributed by atoms with Gasteiger partial charge in [-0.25, -0.2) is 9.78 Å². The molecule has 30 heavy (non-hydrogen) atoms. The van der Waals surface area contributed by atoms with Crippen LogP contribution in [0.5, 0.6) is 5.75 Å². The number of aromatic nitrogens is 2. The molecule has 0 saturated heterocycles. The molecule has 1 unspecified atom stereocenters. The molecule has 2 aromatic rings. The molecule has 8 heteroatoms. The van der Waals surface area contributed by atoms with Gasteiger partial charge in [-0.3, -0.25) is 0 Å². The average molecular weight is 450 g/mol. The lowest BCUT2D eigenvalue weighted by Gasteiger charge is -2.29. The van der Waals surface area contributed by atoms with Crippen molar-refractivity contribution < 1.29 is 14.6 Å². The van der Waals surface area contributed by atoms with Crippen molar-refractivity contribution in [2.75, 3.05) is 13.1 Å². The highest BCUT2D eigenvalue weighted by molar-refractivity contribution is 6.42. The second-order valence-corrected chi connectivity index (χ2v) is 9.56. The van der Waals surface area contributed by atoms with Crippen molar-refractivity contribution in [3.63, 3.8) is 0 Å². The normalized spacial score (nSPS) is 18.9. The van der Waals surface area contributed by atoms with Gasteiger partial charge in [0.05, 0.1) is 21.9 Å². The Balaban J connectivity index is 1.51. The first-order valence-corrected chi connectivity index (χ1v) is 10.8. The second kappa shape index (κ2) is 7.82. The molecule has 0 radical (unpaired) electrons. The predicted octanol–water partition coefficient (Wildman–Crippen LogP) is 5.26. The number of hydrogen-bond donors (Lipinski definition) is 1. The van der Waals surface area contributed by atoms with Crippen molar-refractivity contribution in [3.8, 4) is 5.75 Å². The maximum atomic E-state index is 12.3. The van der Waals surface area contributed by atoms with Crippen molar-refractivity contribution in [2.24, 2.45) is 0 Å². The van der Waals surface area contributed by atoms with Crippen molar-refractivity contribution in [1.29, 1.82) is 0 Å². The largest absolute Gasteiger partial charge is 0.508 e. The minimum atomic E-state index is -0.504. The SMILES string of the molecule is CC(C)(C)OC(=O)N1CC=C(c2cnc3n2CC(c2c(O)ccc(Cl)c2Cl)C3)CC1. The van der Waals surface area contributed by atoms with E-state index in [4.69, 9.17) is 27.9 Å². The molecule has 1 N–H and O–H groups in total. The van der Waals surface area contributed by atoms with Crippen LogP contribution in [0.1, 0.15) is 50.2 Å². The van der Waals surface area contributed by atoms with E-state index in [0.29, 0.717) is 41.7 Å². The van der Waals surface area contributed by atoms with E-state index in [-0.39, 0.29) is 17.8 Å². The van der Waals surface area contributed by atoms with Crippen molar-refractivity contribution in [1.82, 2.24) is 14.5 Å². The number of nitrogens with zero attached hydrogens (tertiary/aromatic N) is 3. The summed E-state index contributed by atoms with van der Waals surface area (Å²) in [7, 11) is 0. The minimum absolute atomic E-state index is 0.0149. The fraction of sp³-hybridized carbons (Fsp3) is 0.455. The van der Waals surface area contributed by atoms with Gasteiger partial charge in [0.25, 0.3) is 0 Å². The van der Waals surface area contributed by atoms with Crippen LogP contribution in [0.2, 0.25) is 10.0 Å². The van der Waals surface area contributed by atoms with Crippen LogP contribution >= 0.6 is 23.2 Å². The van der Waals surface area contributed by atoms with Gasteiger partial charge in [-0.1, -0.05) is 29.3 Å². The number of ether oxygens (including phenoxy) is 1. The van der Waals surface area contributed by atoms with Crippen molar-refractivity contribution in [3.05, 3.63) is 51.5 Å². The lowest BCUT2D eigenvalue weighted by molar-refractivity contribution is 0.0270. The van der Waals surface area contributed by atoms with E-state index in [2.05, 4.69) is 15.6 Å². The average Bonchev–Trinajstić information content (AvgIpc) is 3.24. The molecule has 0 spiro atoms. The molecule has 6 nitrogen and oxygen atoms in total. The number of imidazole rings is 1. The van der Waals surface area contributed by atoms with Crippen LogP contribution in [0.15, 0.2) is 24.4 Å². The molecule has 3 heterocycles. The van der Waals surface area contributed by atoms with Gasteiger partial charge in [0.15, 0.2) is 0 Å². The van der Waals surface area contributed by atoms with Gasteiger partial charge in [-0.15, -0.1) is 0 Å². The zero-order valence-electron chi connectivity index (χ0n) is 17.3. The summed E-state index contributed by atoms with van der Waals surface area (Å²) in [6.07, 6.45) is 5.08. The molecule has 4 rings (SSSR count). The van der Waals surface area contributed by atoms with Gasteiger partial charge >= 0.3 is 6.09 Å². The number of phenols is 1. The monoisotopic (exact) mass is 449 g/mol. The van der Waals surface area contributed by atoms with E-state index in [1.807, 2.05) is 27.0 Å². The first-order valence-electron chi connectivity index (χ1n) is 10.0. The lowest BCUT2D eigenvalue weighted by Crippen LogP contribution is -2.39. The molecule has 0 saturated carbocycles. The van der Waals surface area contributed by atoms with Gasteiger partial charge in [-0.2, -0.15) is 0 Å². The summed E-state index contributed by atoms with van der Waals surface area (Å²) in [4.78, 5) is 18.6. The Morgan fingerprint density at radius 3 is 2.73 bits per heavy atom. The summed E-state index contributed by atoms with van der Waals surface area (Å²) >= 11 is 12.6. The first-order chi connectivity index (χ1) is 14.1. The summed E-state index contributed by atoms with van der Waals surface area (Å²) in [5, 5.41) is 11.2. The summed E-state index contributed by atoms with van der Waals surface area (Å²) in [5.74, 6) is 1.13. The maximum Gasteiger partial charge on any atom is 0.410 e. The molecule has 160 valence electrons. The number of carbonyl (C=O) groups is 1. The number of fused-ring (bicyclic) bond motifs is 1. The van der Waals surface area contributed by atoms with Gasteiger partial charge in [-0.05, 0) is 44.9 Å². The Kier molecular flexibility index (Phi) is 5.49. The molecule has 1 atom stereocenters. The Labute approximate surface area is 186 Å². The second-order valence-electron chi connectivity index (χ2n) is 8.77. The predicted molar refractivity (Wildman–Crippen MR) is 117 cm³/mol. The smallest absolute Gasteiger partial charge is 0.410 e. The molecular weight excluding hydrogens is 425 g/mol. The Bertz CT molecular complexity index is 1020. The van der Waals surface area contributed by atoms with Crippen LogP contribution in [-0.2, 0) is 17.7 Å². The number of hydrogen-bond acceptors (Lipinski definition) is 4. The third-order valence-corrected chi connectivity index (χ3v) is 6.30. The first kappa shape index (κ1) is 21.1. The molecule has 1 amide bonds. The molecule has 2 aliphatic heterocycles. The van der Waals surface area contributed by atoms with Gasteiger partial charge in [0.2, 0.25) is 0 Å². The van der Waals surface area contributed by atoms with Crippen LogP contribution in [0.3, 0.4) is 0 Å². The van der Waals surface area contributed by atoms with E-state index in [1.54, 1.807) is 17.0 Å². The zero-order valence-corrected chi connectivity index (χ0v) is 18.8. The zero-order chi connectivity index (χ0) is 21.6.